The van der Waals surface area contributed by atoms with Gasteiger partial charge < -0.3 is 5.73 Å². The van der Waals surface area contributed by atoms with Crippen LogP contribution in [0.4, 0.5) is 0 Å². The summed E-state index contributed by atoms with van der Waals surface area (Å²) >= 11 is 0. The maximum Gasteiger partial charge on any atom is 0.0666 e. The molecule has 1 rings (SSSR count). The molecule has 0 aliphatic carbocycles. The summed E-state index contributed by atoms with van der Waals surface area (Å²) in [6.45, 7) is 8.97. The van der Waals surface area contributed by atoms with Crippen molar-refractivity contribution in [3.05, 3.63) is 0 Å². The lowest BCUT2D eigenvalue weighted by Gasteiger charge is -2.34. The molecule has 4 nitrogen and oxygen atoms in total. The quantitative estimate of drug-likeness (QED) is 0.672. The summed E-state index contributed by atoms with van der Waals surface area (Å²) in [5.74, 6) is 0.149. The average Bonchev–Trinajstić information content (AvgIpc) is 2.21. The molecule has 1 unspecified atom stereocenters. The minimum atomic E-state index is 0.149. The first-order chi connectivity index (χ1) is 6.76. The van der Waals surface area contributed by atoms with Crippen LogP contribution in [0, 0.1) is 17.2 Å². The Morgan fingerprint density at radius 2 is 1.86 bits per heavy atom. The highest BCUT2D eigenvalue weighted by Gasteiger charge is 2.17. The first-order valence-electron chi connectivity index (χ1n) is 5.30. The van der Waals surface area contributed by atoms with E-state index in [1.54, 1.807) is 0 Å². The molecule has 0 aromatic rings. The van der Waals surface area contributed by atoms with Crippen LogP contribution >= 0.6 is 0 Å². The van der Waals surface area contributed by atoms with Crippen molar-refractivity contribution in [3.63, 3.8) is 0 Å². The lowest BCUT2D eigenvalue weighted by molar-refractivity contribution is 0.128. The molecule has 1 atom stereocenters. The fourth-order valence-electron chi connectivity index (χ4n) is 1.81. The zero-order chi connectivity index (χ0) is 10.4. The Kier molecular flexibility index (Phi) is 4.88. The van der Waals surface area contributed by atoms with Crippen molar-refractivity contribution >= 4 is 0 Å². The van der Waals surface area contributed by atoms with Crippen molar-refractivity contribution in [3.8, 4) is 6.07 Å². The molecule has 0 radical (unpaired) electrons. The molecule has 1 fully saturated rings. The van der Waals surface area contributed by atoms with Gasteiger partial charge >= 0.3 is 0 Å². The van der Waals surface area contributed by atoms with Crippen molar-refractivity contribution in [1.82, 2.24) is 9.80 Å². The van der Waals surface area contributed by atoms with Gasteiger partial charge in [0.1, 0.15) is 0 Å². The summed E-state index contributed by atoms with van der Waals surface area (Å²) in [6.07, 6.45) is 0. The zero-order valence-electron chi connectivity index (χ0n) is 8.95. The Hall–Kier alpha value is -0.630. The van der Waals surface area contributed by atoms with Crippen LogP contribution in [0.25, 0.3) is 0 Å². The molecule has 0 aromatic heterocycles. The third kappa shape index (κ3) is 3.62. The minimum Gasteiger partial charge on any atom is -0.329 e. The van der Waals surface area contributed by atoms with Crippen LogP contribution in [-0.2, 0) is 0 Å². The number of rotatable bonds is 4. The van der Waals surface area contributed by atoms with Crippen molar-refractivity contribution in [2.75, 3.05) is 45.8 Å². The van der Waals surface area contributed by atoms with E-state index < -0.39 is 0 Å². The highest BCUT2D eigenvalue weighted by Crippen LogP contribution is 2.04. The van der Waals surface area contributed by atoms with Gasteiger partial charge in [-0.15, -0.1) is 0 Å². The first kappa shape index (κ1) is 11.4. The second-order valence-electron chi connectivity index (χ2n) is 3.96. The van der Waals surface area contributed by atoms with Gasteiger partial charge in [0.2, 0.25) is 0 Å². The fourth-order valence-corrected chi connectivity index (χ4v) is 1.81. The Bertz CT molecular complexity index is 191. The van der Waals surface area contributed by atoms with Gasteiger partial charge in [0.05, 0.1) is 12.0 Å². The Morgan fingerprint density at radius 1 is 1.29 bits per heavy atom. The molecule has 1 heterocycles. The molecule has 2 N–H and O–H groups in total. The number of nitrogens with two attached hydrogens (primary N) is 1. The van der Waals surface area contributed by atoms with E-state index in [2.05, 4.69) is 15.9 Å². The summed E-state index contributed by atoms with van der Waals surface area (Å²) in [4.78, 5) is 4.74. The van der Waals surface area contributed by atoms with Gasteiger partial charge in [-0.25, -0.2) is 0 Å². The molecular formula is C10H20N4. The van der Waals surface area contributed by atoms with Gasteiger partial charge in [-0.1, -0.05) is 0 Å². The van der Waals surface area contributed by atoms with Gasteiger partial charge in [0, 0.05) is 45.8 Å². The fraction of sp³-hybridized carbons (Fsp3) is 0.900. The van der Waals surface area contributed by atoms with E-state index in [9.17, 15) is 0 Å². The molecule has 4 heteroatoms. The van der Waals surface area contributed by atoms with Gasteiger partial charge in [0.25, 0.3) is 0 Å². The van der Waals surface area contributed by atoms with E-state index >= 15 is 0 Å². The zero-order valence-corrected chi connectivity index (χ0v) is 8.95. The predicted molar refractivity (Wildman–Crippen MR) is 56.7 cm³/mol. The number of nitrogens with zero attached hydrogens (tertiary/aromatic N) is 3. The van der Waals surface area contributed by atoms with Gasteiger partial charge in [-0.2, -0.15) is 5.26 Å². The normalized spacial score (nSPS) is 21.8. The number of piperazine rings is 1. The van der Waals surface area contributed by atoms with Crippen LogP contribution in [0.15, 0.2) is 0 Å². The van der Waals surface area contributed by atoms with Gasteiger partial charge in [0.15, 0.2) is 0 Å². The third-order valence-electron chi connectivity index (χ3n) is 2.66. The lowest BCUT2D eigenvalue weighted by atomic mass is 10.2. The van der Waals surface area contributed by atoms with E-state index in [1.165, 1.54) is 0 Å². The third-order valence-corrected chi connectivity index (χ3v) is 2.66. The number of nitriles is 1. The number of hydrogen-bond acceptors (Lipinski definition) is 4. The van der Waals surface area contributed by atoms with Crippen LogP contribution in [0.1, 0.15) is 6.92 Å². The van der Waals surface area contributed by atoms with E-state index in [0.29, 0.717) is 0 Å². The molecule has 14 heavy (non-hydrogen) atoms. The van der Waals surface area contributed by atoms with E-state index in [4.69, 9.17) is 11.0 Å². The predicted octanol–water partition coefficient (Wildman–Crippen LogP) is -0.278. The maximum atomic E-state index is 8.70. The monoisotopic (exact) mass is 196 g/mol. The van der Waals surface area contributed by atoms with Crippen molar-refractivity contribution in [1.29, 1.82) is 5.26 Å². The summed E-state index contributed by atoms with van der Waals surface area (Å²) < 4.78 is 0. The van der Waals surface area contributed by atoms with Crippen molar-refractivity contribution in [2.45, 2.75) is 6.92 Å². The SMILES string of the molecule is CC(C#N)CN1CCN(CCN)CC1. The Morgan fingerprint density at radius 3 is 2.36 bits per heavy atom. The highest BCUT2D eigenvalue weighted by molar-refractivity contribution is 4.83. The second kappa shape index (κ2) is 5.97. The maximum absolute atomic E-state index is 8.70. The number of hydrogen-bond donors (Lipinski definition) is 1. The molecule has 0 bridgehead atoms. The molecule has 80 valence electrons. The van der Waals surface area contributed by atoms with Crippen LogP contribution in [-0.4, -0.2) is 55.6 Å². The van der Waals surface area contributed by atoms with Crippen LogP contribution < -0.4 is 5.73 Å². The van der Waals surface area contributed by atoms with Crippen LogP contribution in [0.2, 0.25) is 0 Å². The molecular weight excluding hydrogens is 176 g/mol. The summed E-state index contributed by atoms with van der Waals surface area (Å²) in [5, 5.41) is 8.70. The summed E-state index contributed by atoms with van der Waals surface area (Å²) in [5.41, 5.74) is 5.50. The molecule has 0 saturated carbocycles. The standard InChI is InChI=1S/C10H20N4/c1-10(8-12)9-14-6-4-13(3-2-11)5-7-14/h10H,2-7,9,11H2,1H3. The van der Waals surface area contributed by atoms with Crippen LogP contribution in [0.5, 0.6) is 0 Å². The second-order valence-corrected chi connectivity index (χ2v) is 3.96. The largest absolute Gasteiger partial charge is 0.329 e. The highest BCUT2D eigenvalue weighted by atomic mass is 15.3. The molecule has 0 aromatic carbocycles. The summed E-state index contributed by atoms with van der Waals surface area (Å²) in [7, 11) is 0. The average molecular weight is 196 g/mol. The van der Waals surface area contributed by atoms with Gasteiger partial charge in [-0.05, 0) is 6.92 Å². The van der Waals surface area contributed by atoms with Crippen molar-refractivity contribution < 1.29 is 0 Å². The summed E-state index contributed by atoms with van der Waals surface area (Å²) in [6, 6.07) is 2.27. The molecule has 0 amide bonds. The smallest absolute Gasteiger partial charge is 0.0666 e. The van der Waals surface area contributed by atoms with Crippen molar-refractivity contribution in [2.24, 2.45) is 11.7 Å². The molecule has 0 spiro atoms. The Labute approximate surface area is 86.3 Å². The molecule has 1 aliphatic rings. The minimum absolute atomic E-state index is 0.149. The topological polar surface area (TPSA) is 56.3 Å². The van der Waals surface area contributed by atoms with E-state index in [-0.39, 0.29) is 5.92 Å². The van der Waals surface area contributed by atoms with Gasteiger partial charge in [-0.3, -0.25) is 9.80 Å². The van der Waals surface area contributed by atoms with Crippen LogP contribution in [0.3, 0.4) is 0 Å². The Balaban J connectivity index is 2.19. The van der Waals surface area contributed by atoms with E-state index in [0.717, 1.165) is 45.8 Å². The first-order valence-corrected chi connectivity index (χ1v) is 5.30. The lowest BCUT2D eigenvalue weighted by Crippen LogP contribution is -2.48. The molecule has 1 saturated heterocycles. The van der Waals surface area contributed by atoms with E-state index in [1.807, 2.05) is 6.92 Å². The molecule has 1 aliphatic heterocycles.